The number of ether oxygens (including phenoxy) is 4. The average molecular weight is 670 g/mol. The molecule has 12 heteroatoms. The molecular weight excluding hydrogens is 633 g/mol. The van der Waals surface area contributed by atoms with Crippen LogP contribution in [0, 0.1) is 5.82 Å². The molecule has 0 amide bonds. The van der Waals surface area contributed by atoms with E-state index in [4.69, 9.17) is 30.5 Å². The second-order valence-corrected chi connectivity index (χ2v) is 13.7. The summed E-state index contributed by atoms with van der Waals surface area (Å²) >= 11 is 6.55. The van der Waals surface area contributed by atoms with Crippen molar-refractivity contribution in [2.45, 2.75) is 44.8 Å². The summed E-state index contributed by atoms with van der Waals surface area (Å²) in [4.78, 5) is 8.99. The van der Waals surface area contributed by atoms with E-state index in [9.17, 15) is 12.8 Å². The monoisotopic (exact) mass is 669 g/mol. The Morgan fingerprint density at radius 3 is 2.67 bits per heavy atom. The van der Waals surface area contributed by atoms with Crippen LogP contribution in [-0.2, 0) is 31.5 Å². The maximum Gasteiger partial charge on any atom is 0.152 e. The number of fused-ring (bicyclic) bond motifs is 1. The van der Waals surface area contributed by atoms with Crippen LogP contribution in [0.4, 0.5) is 15.9 Å². The lowest BCUT2D eigenvalue weighted by Crippen LogP contribution is -2.26. The van der Waals surface area contributed by atoms with Gasteiger partial charge in [-0.2, -0.15) is 0 Å². The highest BCUT2D eigenvalue weighted by Gasteiger charge is 2.38. The SMILES string of the molecule is CCCS(=O)(=O)CCOCCCC1(c2cc3c(Nc4ccc(OCc5cccc(F)c5)c(Cl)c4)ncnc3cc2OC)CC=CO1. The van der Waals surface area contributed by atoms with Crippen molar-refractivity contribution >= 4 is 43.8 Å². The summed E-state index contributed by atoms with van der Waals surface area (Å²) < 4.78 is 61.0. The van der Waals surface area contributed by atoms with Crippen LogP contribution in [0.2, 0.25) is 5.02 Å². The van der Waals surface area contributed by atoms with Crippen molar-refractivity contribution in [2.75, 3.05) is 37.1 Å². The molecule has 5 rings (SSSR count). The van der Waals surface area contributed by atoms with Crippen LogP contribution in [0.15, 0.2) is 73.3 Å². The summed E-state index contributed by atoms with van der Waals surface area (Å²) in [5, 5.41) is 4.49. The molecule has 244 valence electrons. The molecule has 0 saturated carbocycles. The Labute approximate surface area is 273 Å². The molecule has 1 aromatic heterocycles. The smallest absolute Gasteiger partial charge is 0.152 e. The number of aromatic nitrogens is 2. The third-order valence-corrected chi connectivity index (χ3v) is 9.80. The first-order chi connectivity index (χ1) is 22.2. The van der Waals surface area contributed by atoms with E-state index in [0.29, 0.717) is 71.4 Å². The largest absolute Gasteiger partial charge is 0.496 e. The standard InChI is InChI=1S/C34H37ClFN3O6S/c1-3-16-46(40,41)17-15-43-13-5-11-34(12-6-14-45-34)28-20-27-30(21-32(28)42-2)37-23-38-33(27)39-26-9-10-31(29(35)19-26)44-22-24-7-4-8-25(36)18-24/h4,6-10,14,18-21,23H,3,5,11-13,15-17,22H2,1-2H3,(H,37,38,39). The van der Waals surface area contributed by atoms with Gasteiger partial charge in [0.15, 0.2) is 9.84 Å². The Bertz CT molecular complexity index is 1800. The molecule has 0 radical (unpaired) electrons. The van der Waals surface area contributed by atoms with Crippen molar-refractivity contribution < 1.29 is 31.8 Å². The molecular formula is C34H37ClFN3O6S. The molecule has 3 aromatic carbocycles. The molecule has 0 fully saturated rings. The molecule has 4 aromatic rings. The zero-order chi connectivity index (χ0) is 32.6. The molecule has 1 unspecified atom stereocenters. The second kappa shape index (κ2) is 15.1. The predicted molar refractivity (Wildman–Crippen MR) is 177 cm³/mol. The first-order valence-electron chi connectivity index (χ1n) is 15.1. The van der Waals surface area contributed by atoms with Gasteiger partial charge in [-0.15, -0.1) is 0 Å². The summed E-state index contributed by atoms with van der Waals surface area (Å²) in [5.74, 6) is 1.54. The highest BCUT2D eigenvalue weighted by molar-refractivity contribution is 7.91. The van der Waals surface area contributed by atoms with Gasteiger partial charge in [-0.1, -0.05) is 30.7 Å². The van der Waals surface area contributed by atoms with Gasteiger partial charge in [0.2, 0.25) is 0 Å². The van der Waals surface area contributed by atoms with E-state index in [1.807, 2.05) is 31.2 Å². The molecule has 0 spiro atoms. The topological polar surface area (TPSA) is 109 Å². The van der Waals surface area contributed by atoms with Crippen LogP contribution in [0.25, 0.3) is 10.9 Å². The summed E-state index contributed by atoms with van der Waals surface area (Å²) in [7, 11) is -1.47. The quantitative estimate of drug-likeness (QED) is 0.121. The fourth-order valence-electron chi connectivity index (χ4n) is 5.42. The van der Waals surface area contributed by atoms with Crippen molar-refractivity contribution in [3.8, 4) is 11.5 Å². The molecule has 1 aliphatic rings. The highest BCUT2D eigenvalue weighted by Crippen LogP contribution is 2.45. The summed E-state index contributed by atoms with van der Waals surface area (Å²) in [6.45, 7) is 2.60. The van der Waals surface area contributed by atoms with Gasteiger partial charge in [-0.25, -0.2) is 22.8 Å². The maximum absolute atomic E-state index is 13.5. The van der Waals surface area contributed by atoms with Crippen molar-refractivity contribution in [2.24, 2.45) is 0 Å². The molecule has 2 heterocycles. The number of nitrogens with zero attached hydrogens (tertiary/aromatic N) is 2. The van der Waals surface area contributed by atoms with Gasteiger partial charge < -0.3 is 24.3 Å². The van der Waals surface area contributed by atoms with E-state index in [2.05, 4.69) is 15.3 Å². The van der Waals surface area contributed by atoms with Gasteiger partial charge in [0.1, 0.15) is 41.7 Å². The average Bonchev–Trinajstić information content (AvgIpc) is 3.52. The van der Waals surface area contributed by atoms with Gasteiger partial charge in [-0.05, 0) is 67.3 Å². The molecule has 0 aliphatic carbocycles. The van der Waals surface area contributed by atoms with Crippen LogP contribution in [-0.4, -0.2) is 50.2 Å². The maximum atomic E-state index is 13.5. The number of benzene rings is 3. The normalized spacial score (nSPS) is 16.0. The lowest BCUT2D eigenvalue weighted by atomic mass is 9.85. The molecule has 9 nitrogen and oxygen atoms in total. The Hall–Kier alpha value is -3.93. The molecule has 46 heavy (non-hydrogen) atoms. The van der Waals surface area contributed by atoms with E-state index >= 15 is 0 Å². The van der Waals surface area contributed by atoms with Crippen LogP contribution >= 0.6 is 11.6 Å². The molecule has 1 N–H and O–H groups in total. The van der Waals surface area contributed by atoms with E-state index in [0.717, 1.165) is 10.9 Å². The van der Waals surface area contributed by atoms with E-state index in [-0.39, 0.29) is 30.5 Å². The third kappa shape index (κ3) is 8.26. The zero-order valence-electron chi connectivity index (χ0n) is 25.8. The zero-order valence-corrected chi connectivity index (χ0v) is 27.4. The van der Waals surface area contributed by atoms with Crippen LogP contribution in [0.3, 0.4) is 0 Å². The van der Waals surface area contributed by atoms with Gasteiger partial charge in [0.05, 0.1) is 36.3 Å². The Balaban J connectivity index is 1.32. The Kier molecular flexibility index (Phi) is 11.0. The lowest BCUT2D eigenvalue weighted by molar-refractivity contribution is 0.0191. The summed E-state index contributed by atoms with van der Waals surface area (Å²) in [6.07, 6.45) is 7.64. The fourth-order valence-corrected chi connectivity index (χ4v) is 6.86. The van der Waals surface area contributed by atoms with Gasteiger partial charge in [0, 0.05) is 41.5 Å². The second-order valence-electron chi connectivity index (χ2n) is 11.0. The number of hydrogen-bond donors (Lipinski definition) is 1. The first-order valence-corrected chi connectivity index (χ1v) is 17.3. The molecule has 0 saturated heterocycles. The number of halogens is 2. The van der Waals surface area contributed by atoms with Crippen molar-refractivity contribution in [3.05, 3.63) is 95.2 Å². The van der Waals surface area contributed by atoms with Crippen molar-refractivity contribution in [3.63, 3.8) is 0 Å². The Morgan fingerprint density at radius 2 is 1.93 bits per heavy atom. The van der Waals surface area contributed by atoms with Gasteiger partial charge in [0.25, 0.3) is 0 Å². The number of methoxy groups -OCH3 is 1. The summed E-state index contributed by atoms with van der Waals surface area (Å²) in [6, 6.07) is 15.4. The van der Waals surface area contributed by atoms with Crippen LogP contribution < -0.4 is 14.8 Å². The number of hydrogen-bond acceptors (Lipinski definition) is 9. The van der Waals surface area contributed by atoms with Gasteiger partial charge >= 0.3 is 0 Å². The van der Waals surface area contributed by atoms with Crippen LogP contribution in [0.1, 0.15) is 43.7 Å². The first kappa shape index (κ1) is 33.4. The minimum Gasteiger partial charge on any atom is -0.496 e. The minimum atomic E-state index is -3.08. The molecule has 0 bridgehead atoms. The molecule has 1 atom stereocenters. The number of anilines is 2. The van der Waals surface area contributed by atoms with E-state index in [1.165, 1.54) is 18.5 Å². The van der Waals surface area contributed by atoms with E-state index in [1.54, 1.807) is 37.6 Å². The van der Waals surface area contributed by atoms with Crippen molar-refractivity contribution in [1.82, 2.24) is 9.97 Å². The van der Waals surface area contributed by atoms with E-state index < -0.39 is 15.4 Å². The number of nitrogens with one attached hydrogen (secondary N) is 1. The highest BCUT2D eigenvalue weighted by atomic mass is 35.5. The third-order valence-electron chi connectivity index (χ3n) is 7.69. The summed E-state index contributed by atoms with van der Waals surface area (Å²) in [5.41, 5.74) is 2.20. The lowest BCUT2D eigenvalue weighted by Gasteiger charge is -2.31. The Morgan fingerprint density at radius 1 is 1.07 bits per heavy atom. The number of rotatable bonds is 16. The van der Waals surface area contributed by atoms with Crippen molar-refractivity contribution in [1.29, 1.82) is 0 Å². The fraction of sp³-hybridized carbons (Fsp3) is 0.353. The molecule has 1 aliphatic heterocycles. The van der Waals surface area contributed by atoms with Gasteiger partial charge in [-0.3, -0.25) is 0 Å². The minimum absolute atomic E-state index is 0.0220. The predicted octanol–water partition coefficient (Wildman–Crippen LogP) is 7.50. The number of sulfone groups is 1. The van der Waals surface area contributed by atoms with Crippen LogP contribution in [0.5, 0.6) is 11.5 Å².